The number of nitrogens with zero attached hydrogens (tertiary/aromatic N) is 1. The SMILES string of the molecule is CCS(=O)(=O)CCN=C(NN)NC1CC1. The van der Waals surface area contributed by atoms with Gasteiger partial charge in [0.15, 0.2) is 9.84 Å². The molecule has 0 bridgehead atoms. The quantitative estimate of drug-likeness (QED) is 0.245. The zero-order valence-corrected chi connectivity index (χ0v) is 9.68. The number of hydrogen-bond donors (Lipinski definition) is 3. The minimum Gasteiger partial charge on any atom is -0.353 e. The first-order valence-corrected chi connectivity index (χ1v) is 6.87. The monoisotopic (exact) mass is 234 g/mol. The molecule has 0 unspecified atom stereocenters. The number of hydrogen-bond acceptors (Lipinski definition) is 4. The maximum atomic E-state index is 11.2. The smallest absolute Gasteiger partial charge is 0.205 e. The number of guanidine groups is 1. The van der Waals surface area contributed by atoms with Crippen molar-refractivity contribution in [3.63, 3.8) is 0 Å². The Bertz CT molecular complexity index is 322. The van der Waals surface area contributed by atoms with Gasteiger partial charge < -0.3 is 5.32 Å². The van der Waals surface area contributed by atoms with Gasteiger partial charge >= 0.3 is 0 Å². The van der Waals surface area contributed by atoms with Crippen molar-refractivity contribution in [2.45, 2.75) is 25.8 Å². The summed E-state index contributed by atoms with van der Waals surface area (Å²) < 4.78 is 22.3. The summed E-state index contributed by atoms with van der Waals surface area (Å²) >= 11 is 0. The predicted molar refractivity (Wildman–Crippen MR) is 60.1 cm³/mol. The highest BCUT2D eigenvalue weighted by Gasteiger charge is 2.21. The van der Waals surface area contributed by atoms with Crippen molar-refractivity contribution < 1.29 is 8.42 Å². The summed E-state index contributed by atoms with van der Waals surface area (Å²) in [6, 6.07) is 0.447. The third-order valence-electron chi connectivity index (χ3n) is 2.17. The van der Waals surface area contributed by atoms with Crippen LogP contribution in [0.1, 0.15) is 19.8 Å². The van der Waals surface area contributed by atoms with Crippen LogP contribution in [0.15, 0.2) is 4.99 Å². The molecule has 1 fully saturated rings. The Morgan fingerprint density at radius 2 is 2.20 bits per heavy atom. The van der Waals surface area contributed by atoms with E-state index in [0.717, 1.165) is 12.8 Å². The second-order valence-corrected chi connectivity index (χ2v) is 6.00. The molecule has 6 nitrogen and oxygen atoms in total. The summed E-state index contributed by atoms with van der Waals surface area (Å²) in [5.74, 6) is 5.94. The highest BCUT2D eigenvalue weighted by Crippen LogP contribution is 2.18. The normalized spacial score (nSPS) is 17.6. The molecule has 88 valence electrons. The molecule has 0 radical (unpaired) electrons. The van der Waals surface area contributed by atoms with Gasteiger partial charge in [-0.05, 0) is 12.8 Å². The molecule has 1 aliphatic rings. The molecule has 0 aromatic rings. The van der Waals surface area contributed by atoms with Crippen LogP contribution in [-0.2, 0) is 9.84 Å². The van der Waals surface area contributed by atoms with E-state index in [1.165, 1.54) is 0 Å². The number of rotatable bonds is 5. The van der Waals surface area contributed by atoms with E-state index in [2.05, 4.69) is 15.7 Å². The van der Waals surface area contributed by atoms with E-state index in [9.17, 15) is 8.42 Å². The molecule has 15 heavy (non-hydrogen) atoms. The summed E-state index contributed by atoms with van der Waals surface area (Å²) in [6.07, 6.45) is 2.24. The molecule has 1 aliphatic carbocycles. The molecular weight excluding hydrogens is 216 g/mol. The fraction of sp³-hybridized carbons (Fsp3) is 0.875. The molecule has 7 heteroatoms. The minimum absolute atomic E-state index is 0.0705. The molecular formula is C8H18N4O2S. The van der Waals surface area contributed by atoms with Gasteiger partial charge in [-0.3, -0.25) is 10.4 Å². The number of sulfone groups is 1. The Labute approximate surface area is 90.2 Å². The van der Waals surface area contributed by atoms with E-state index in [-0.39, 0.29) is 18.1 Å². The second-order valence-electron chi connectivity index (χ2n) is 3.53. The fourth-order valence-electron chi connectivity index (χ4n) is 0.995. The van der Waals surface area contributed by atoms with Crippen LogP contribution in [0.5, 0.6) is 0 Å². The topological polar surface area (TPSA) is 96.6 Å². The summed E-state index contributed by atoms with van der Waals surface area (Å²) in [6.45, 7) is 1.87. The predicted octanol–water partition coefficient (Wildman–Crippen LogP) is -1.01. The van der Waals surface area contributed by atoms with E-state index in [0.29, 0.717) is 12.0 Å². The van der Waals surface area contributed by atoms with Crippen molar-refractivity contribution in [1.29, 1.82) is 0 Å². The molecule has 0 aliphatic heterocycles. The van der Waals surface area contributed by atoms with Crippen LogP contribution in [0.2, 0.25) is 0 Å². The van der Waals surface area contributed by atoms with Crippen molar-refractivity contribution in [2.75, 3.05) is 18.1 Å². The second kappa shape index (κ2) is 5.32. The lowest BCUT2D eigenvalue weighted by molar-refractivity contribution is 0.597. The van der Waals surface area contributed by atoms with Crippen molar-refractivity contribution in [3.8, 4) is 0 Å². The van der Waals surface area contributed by atoms with Gasteiger partial charge in [-0.2, -0.15) is 0 Å². The van der Waals surface area contributed by atoms with Crippen LogP contribution < -0.4 is 16.6 Å². The van der Waals surface area contributed by atoms with Gasteiger partial charge in [-0.1, -0.05) is 6.92 Å². The van der Waals surface area contributed by atoms with E-state index in [1.54, 1.807) is 6.92 Å². The number of aliphatic imine (C=N–C) groups is 1. The van der Waals surface area contributed by atoms with Gasteiger partial charge in [0.2, 0.25) is 5.96 Å². The molecule has 0 atom stereocenters. The first-order chi connectivity index (χ1) is 7.07. The average molecular weight is 234 g/mol. The maximum Gasteiger partial charge on any atom is 0.205 e. The lowest BCUT2D eigenvalue weighted by Crippen LogP contribution is -2.42. The Balaban J connectivity index is 2.33. The van der Waals surface area contributed by atoms with Crippen molar-refractivity contribution in [3.05, 3.63) is 0 Å². The van der Waals surface area contributed by atoms with Gasteiger partial charge in [0.05, 0.1) is 12.3 Å². The fourth-order valence-corrected chi connectivity index (χ4v) is 1.65. The van der Waals surface area contributed by atoms with Crippen LogP contribution in [0, 0.1) is 0 Å². The Kier molecular flexibility index (Phi) is 4.34. The Hall–Kier alpha value is -0.820. The molecule has 1 saturated carbocycles. The number of hydrazine groups is 1. The van der Waals surface area contributed by atoms with Gasteiger partial charge in [-0.15, -0.1) is 0 Å². The molecule has 4 N–H and O–H groups in total. The highest BCUT2D eigenvalue weighted by atomic mass is 32.2. The molecule has 0 aromatic heterocycles. The van der Waals surface area contributed by atoms with Crippen LogP contribution in [0.25, 0.3) is 0 Å². The van der Waals surface area contributed by atoms with Crippen LogP contribution >= 0.6 is 0 Å². The average Bonchev–Trinajstić information content (AvgIpc) is 3.00. The molecule has 0 spiro atoms. The molecule has 0 aromatic carbocycles. The first kappa shape index (κ1) is 12.3. The van der Waals surface area contributed by atoms with E-state index in [4.69, 9.17) is 5.84 Å². The minimum atomic E-state index is -2.94. The number of nitrogens with one attached hydrogen (secondary N) is 2. The van der Waals surface area contributed by atoms with Gasteiger partial charge in [0, 0.05) is 11.8 Å². The van der Waals surface area contributed by atoms with Gasteiger partial charge in [0.25, 0.3) is 0 Å². The van der Waals surface area contributed by atoms with E-state index in [1.807, 2.05) is 0 Å². The van der Waals surface area contributed by atoms with E-state index >= 15 is 0 Å². The zero-order chi connectivity index (χ0) is 11.3. The summed E-state index contributed by atoms with van der Waals surface area (Å²) in [5.41, 5.74) is 2.42. The molecule has 0 amide bonds. The van der Waals surface area contributed by atoms with E-state index < -0.39 is 9.84 Å². The zero-order valence-electron chi connectivity index (χ0n) is 8.86. The van der Waals surface area contributed by atoms with Gasteiger partial charge in [0.1, 0.15) is 0 Å². The lowest BCUT2D eigenvalue weighted by Gasteiger charge is -2.07. The molecule has 1 rings (SSSR count). The summed E-state index contributed by atoms with van der Waals surface area (Å²) in [7, 11) is -2.94. The third kappa shape index (κ3) is 4.98. The Morgan fingerprint density at radius 3 is 2.67 bits per heavy atom. The maximum absolute atomic E-state index is 11.2. The highest BCUT2D eigenvalue weighted by molar-refractivity contribution is 7.91. The van der Waals surface area contributed by atoms with Crippen molar-refractivity contribution in [1.82, 2.24) is 10.7 Å². The van der Waals surface area contributed by atoms with Crippen LogP contribution in [0.3, 0.4) is 0 Å². The largest absolute Gasteiger partial charge is 0.353 e. The molecule has 0 saturated heterocycles. The lowest BCUT2D eigenvalue weighted by atomic mass is 10.7. The third-order valence-corrected chi connectivity index (χ3v) is 3.85. The van der Waals surface area contributed by atoms with Crippen molar-refractivity contribution in [2.24, 2.45) is 10.8 Å². The summed E-state index contributed by atoms with van der Waals surface area (Å²) in [4.78, 5) is 4.05. The standard InChI is InChI=1S/C8H18N4O2S/c1-2-15(13,14)6-5-10-8(12-9)11-7-3-4-7/h7H,2-6,9H2,1H3,(H2,10,11,12). The first-order valence-electron chi connectivity index (χ1n) is 5.05. The molecule has 0 heterocycles. The summed E-state index contributed by atoms with van der Waals surface area (Å²) in [5, 5.41) is 3.06. The van der Waals surface area contributed by atoms with Gasteiger partial charge in [-0.25, -0.2) is 14.3 Å². The van der Waals surface area contributed by atoms with Crippen LogP contribution in [-0.4, -0.2) is 38.5 Å². The van der Waals surface area contributed by atoms with Crippen molar-refractivity contribution >= 4 is 15.8 Å². The Morgan fingerprint density at radius 1 is 1.53 bits per heavy atom. The number of nitrogens with two attached hydrogens (primary N) is 1. The van der Waals surface area contributed by atoms with Crippen LogP contribution in [0.4, 0.5) is 0 Å².